The van der Waals surface area contributed by atoms with Crippen LogP contribution in [0, 0.1) is 6.92 Å². The average molecular weight is 362 g/mol. The molecular weight excluding hydrogens is 336 g/mol. The molecule has 1 fully saturated rings. The van der Waals surface area contributed by atoms with Crippen LogP contribution < -0.4 is 0 Å². The van der Waals surface area contributed by atoms with Gasteiger partial charge in [0.25, 0.3) is 0 Å². The zero-order valence-corrected chi connectivity index (χ0v) is 16.1. The molecule has 3 aromatic rings. The highest BCUT2D eigenvalue weighted by atomic mass is 16.2. The lowest BCUT2D eigenvalue weighted by atomic mass is 10.0. The first kappa shape index (κ1) is 17.7. The van der Waals surface area contributed by atoms with Crippen LogP contribution >= 0.6 is 0 Å². The van der Waals surface area contributed by atoms with E-state index in [1.807, 2.05) is 30.2 Å². The molecule has 0 atom stereocenters. The molecular formula is C22H26N4O. The predicted octanol–water partition coefficient (Wildman–Crippen LogP) is 3.90. The van der Waals surface area contributed by atoms with Gasteiger partial charge in [-0.1, -0.05) is 31.2 Å². The lowest BCUT2D eigenvalue weighted by Gasteiger charge is -2.33. The lowest BCUT2D eigenvalue weighted by molar-refractivity contribution is -0.132. The maximum atomic E-state index is 12.0. The van der Waals surface area contributed by atoms with E-state index in [4.69, 9.17) is 4.98 Å². The van der Waals surface area contributed by atoms with Crippen LogP contribution in [0.4, 0.5) is 0 Å². The van der Waals surface area contributed by atoms with Crippen LogP contribution in [0.25, 0.3) is 11.2 Å². The van der Waals surface area contributed by atoms with Gasteiger partial charge in [-0.25, -0.2) is 9.97 Å². The Bertz CT molecular complexity index is 954. The van der Waals surface area contributed by atoms with Crippen LogP contribution in [0.2, 0.25) is 0 Å². The fourth-order valence-electron chi connectivity index (χ4n) is 4.06. The van der Waals surface area contributed by atoms with Gasteiger partial charge >= 0.3 is 0 Å². The van der Waals surface area contributed by atoms with Crippen LogP contribution in [0.3, 0.4) is 0 Å². The van der Waals surface area contributed by atoms with Crippen molar-refractivity contribution in [2.45, 2.75) is 45.6 Å². The highest BCUT2D eigenvalue weighted by molar-refractivity contribution is 5.76. The molecule has 0 N–H and O–H groups in total. The molecule has 140 valence electrons. The number of fused-ring (bicyclic) bond motifs is 1. The summed E-state index contributed by atoms with van der Waals surface area (Å²) in [5.74, 6) is 1.32. The van der Waals surface area contributed by atoms with Gasteiger partial charge in [0, 0.05) is 38.2 Å². The number of benzene rings is 1. The molecule has 5 nitrogen and oxygen atoms in total. The molecule has 27 heavy (non-hydrogen) atoms. The largest absolute Gasteiger partial charge is 0.343 e. The molecule has 1 saturated heterocycles. The van der Waals surface area contributed by atoms with Gasteiger partial charge in [0.15, 0.2) is 5.65 Å². The number of pyridine rings is 1. The van der Waals surface area contributed by atoms with Crippen molar-refractivity contribution < 1.29 is 4.79 Å². The van der Waals surface area contributed by atoms with Crippen molar-refractivity contribution >= 4 is 17.1 Å². The van der Waals surface area contributed by atoms with E-state index in [0.717, 1.165) is 49.3 Å². The monoisotopic (exact) mass is 362 g/mol. The van der Waals surface area contributed by atoms with Crippen molar-refractivity contribution in [3.63, 3.8) is 0 Å². The number of aryl methyl sites for hydroxylation is 1. The molecule has 1 aromatic carbocycles. The average Bonchev–Trinajstić information content (AvgIpc) is 3.07. The van der Waals surface area contributed by atoms with Crippen molar-refractivity contribution in [1.29, 1.82) is 0 Å². The highest BCUT2D eigenvalue weighted by Crippen LogP contribution is 2.29. The van der Waals surface area contributed by atoms with Crippen LogP contribution in [0.15, 0.2) is 42.6 Å². The highest BCUT2D eigenvalue weighted by Gasteiger charge is 2.26. The lowest BCUT2D eigenvalue weighted by Crippen LogP contribution is -2.39. The normalized spacial score (nSPS) is 15.4. The summed E-state index contributed by atoms with van der Waals surface area (Å²) < 4.78 is 2.33. The number of hydrogen-bond acceptors (Lipinski definition) is 3. The molecule has 4 rings (SSSR count). The van der Waals surface area contributed by atoms with E-state index in [2.05, 4.69) is 40.7 Å². The van der Waals surface area contributed by atoms with Gasteiger partial charge in [-0.05, 0) is 43.0 Å². The minimum atomic E-state index is 0.252. The summed E-state index contributed by atoms with van der Waals surface area (Å²) in [6.07, 6.45) is 5.13. The quantitative estimate of drug-likeness (QED) is 0.707. The van der Waals surface area contributed by atoms with Gasteiger partial charge in [0.1, 0.15) is 11.3 Å². The Morgan fingerprint density at radius 2 is 1.93 bits per heavy atom. The molecule has 1 aliphatic rings. The molecule has 3 heterocycles. The zero-order valence-electron chi connectivity index (χ0n) is 16.1. The topological polar surface area (TPSA) is 51.0 Å². The van der Waals surface area contributed by atoms with Crippen LogP contribution in [0.5, 0.6) is 0 Å². The third-order valence-corrected chi connectivity index (χ3v) is 5.62. The third kappa shape index (κ3) is 3.46. The number of aromatic nitrogens is 3. The molecule has 0 aliphatic carbocycles. The number of piperidine rings is 1. The summed E-state index contributed by atoms with van der Waals surface area (Å²) >= 11 is 0. The van der Waals surface area contributed by atoms with Crippen LogP contribution in [0.1, 0.15) is 49.2 Å². The van der Waals surface area contributed by atoms with E-state index in [0.29, 0.717) is 12.5 Å². The number of carbonyl (C=O) groups is 1. The van der Waals surface area contributed by atoms with Crippen molar-refractivity contribution in [2.24, 2.45) is 0 Å². The van der Waals surface area contributed by atoms with Crippen LogP contribution in [-0.4, -0.2) is 38.4 Å². The van der Waals surface area contributed by atoms with E-state index in [1.165, 1.54) is 11.1 Å². The van der Waals surface area contributed by atoms with E-state index in [9.17, 15) is 4.79 Å². The smallest absolute Gasteiger partial charge is 0.222 e. The summed E-state index contributed by atoms with van der Waals surface area (Å²) in [5.41, 5.74) is 4.49. The fourth-order valence-corrected chi connectivity index (χ4v) is 4.06. The standard InChI is InChI=1S/C22H26N4O/c1-3-21(27)25-13-10-18(11-14-25)26-20(15-17-8-5-4-7-16(17)2)24-19-9-6-12-23-22(19)26/h4-9,12,18H,3,10-11,13-15H2,1-2H3. The molecule has 1 aliphatic heterocycles. The number of likely N-dealkylation sites (tertiary alicyclic amines) is 1. The number of nitrogens with zero attached hydrogens (tertiary/aromatic N) is 4. The number of carbonyl (C=O) groups excluding carboxylic acids is 1. The first-order chi connectivity index (χ1) is 13.2. The van der Waals surface area contributed by atoms with Gasteiger partial charge in [-0.3, -0.25) is 4.79 Å². The molecule has 0 saturated carbocycles. The van der Waals surface area contributed by atoms with Crippen LogP contribution in [-0.2, 0) is 11.2 Å². The fraction of sp³-hybridized carbons (Fsp3) is 0.409. The molecule has 5 heteroatoms. The molecule has 0 spiro atoms. The maximum absolute atomic E-state index is 12.0. The van der Waals surface area contributed by atoms with E-state index in [-0.39, 0.29) is 5.91 Å². The van der Waals surface area contributed by atoms with Gasteiger partial charge in [0.2, 0.25) is 5.91 Å². The van der Waals surface area contributed by atoms with Gasteiger partial charge in [0.05, 0.1) is 0 Å². The minimum Gasteiger partial charge on any atom is -0.343 e. The van der Waals surface area contributed by atoms with Gasteiger partial charge < -0.3 is 9.47 Å². The first-order valence-corrected chi connectivity index (χ1v) is 9.81. The molecule has 0 radical (unpaired) electrons. The van der Waals surface area contributed by atoms with Gasteiger partial charge in [-0.2, -0.15) is 0 Å². The third-order valence-electron chi connectivity index (χ3n) is 5.62. The molecule has 0 bridgehead atoms. The summed E-state index contributed by atoms with van der Waals surface area (Å²) in [4.78, 5) is 23.5. The maximum Gasteiger partial charge on any atom is 0.222 e. The Labute approximate surface area is 160 Å². The number of hydrogen-bond donors (Lipinski definition) is 0. The Morgan fingerprint density at radius 3 is 2.67 bits per heavy atom. The summed E-state index contributed by atoms with van der Waals surface area (Å²) in [5, 5.41) is 0. The number of rotatable bonds is 4. The molecule has 0 unspecified atom stereocenters. The van der Waals surface area contributed by atoms with E-state index in [1.54, 1.807) is 0 Å². The van der Waals surface area contributed by atoms with Crippen molar-refractivity contribution in [1.82, 2.24) is 19.4 Å². The second-order valence-corrected chi connectivity index (χ2v) is 7.31. The Morgan fingerprint density at radius 1 is 1.15 bits per heavy atom. The molecule has 1 amide bonds. The Kier molecular flexibility index (Phi) is 4.92. The predicted molar refractivity (Wildman–Crippen MR) is 107 cm³/mol. The summed E-state index contributed by atoms with van der Waals surface area (Å²) in [7, 11) is 0. The number of amides is 1. The second-order valence-electron chi connectivity index (χ2n) is 7.31. The number of imidazole rings is 1. The zero-order chi connectivity index (χ0) is 18.8. The molecule has 2 aromatic heterocycles. The Balaban J connectivity index is 1.67. The summed E-state index contributed by atoms with van der Waals surface area (Å²) in [6, 6.07) is 12.8. The SMILES string of the molecule is CCC(=O)N1CCC(n2c(Cc3ccccc3C)nc3cccnc32)CC1. The van der Waals surface area contributed by atoms with E-state index >= 15 is 0 Å². The Hall–Kier alpha value is -2.69. The summed E-state index contributed by atoms with van der Waals surface area (Å²) in [6.45, 7) is 5.71. The minimum absolute atomic E-state index is 0.252. The van der Waals surface area contributed by atoms with Gasteiger partial charge in [-0.15, -0.1) is 0 Å². The van der Waals surface area contributed by atoms with E-state index < -0.39 is 0 Å². The van der Waals surface area contributed by atoms with Crippen molar-refractivity contribution in [2.75, 3.05) is 13.1 Å². The van der Waals surface area contributed by atoms with Crippen molar-refractivity contribution in [3.05, 3.63) is 59.5 Å². The van der Waals surface area contributed by atoms with Crippen molar-refractivity contribution in [3.8, 4) is 0 Å². The second kappa shape index (κ2) is 7.51. The first-order valence-electron chi connectivity index (χ1n) is 9.81.